The molecule has 2 unspecified atom stereocenters. The zero-order valence-corrected chi connectivity index (χ0v) is 7.91. The van der Waals surface area contributed by atoms with Gasteiger partial charge in [0.1, 0.15) is 0 Å². The molecule has 1 N–H and O–H groups in total. The van der Waals surface area contributed by atoms with Gasteiger partial charge in [0.15, 0.2) is 0 Å². The average Bonchev–Trinajstić information content (AvgIpc) is 2.65. The Balaban J connectivity index is 1.86. The Bertz CT molecular complexity index is 205. The van der Waals surface area contributed by atoms with Crippen LogP contribution in [0.4, 0.5) is 0 Å². The standard InChI is InChI=1S/C10H17NO2/c12-9-4-1-3-8(9)7-11-6-2-5-10(11)13/h8-9,12H,1-7H2. The fraction of sp³-hybridized carbons (Fsp3) is 0.900. The fourth-order valence-electron chi connectivity index (χ4n) is 2.41. The molecule has 2 fully saturated rings. The molecule has 0 radical (unpaired) electrons. The van der Waals surface area contributed by atoms with Crippen molar-refractivity contribution in [2.75, 3.05) is 13.1 Å². The summed E-state index contributed by atoms with van der Waals surface area (Å²) in [4.78, 5) is 13.2. The lowest BCUT2D eigenvalue weighted by Gasteiger charge is -2.22. The molecule has 0 bridgehead atoms. The number of amides is 1. The molecular formula is C10H17NO2. The van der Waals surface area contributed by atoms with E-state index < -0.39 is 0 Å². The third-order valence-electron chi connectivity index (χ3n) is 3.25. The SMILES string of the molecule is O=C1CCCN1CC1CCCC1O. The molecule has 3 heteroatoms. The summed E-state index contributed by atoms with van der Waals surface area (Å²) in [5.74, 6) is 0.626. The molecule has 1 aliphatic carbocycles. The van der Waals surface area contributed by atoms with Gasteiger partial charge in [-0.2, -0.15) is 0 Å². The molecule has 3 nitrogen and oxygen atoms in total. The van der Waals surface area contributed by atoms with Crippen molar-refractivity contribution >= 4 is 5.91 Å². The highest BCUT2D eigenvalue weighted by molar-refractivity contribution is 5.78. The number of carbonyl (C=O) groups is 1. The molecule has 2 aliphatic rings. The molecule has 1 saturated heterocycles. The molecular weight excluding hydrogens is 166 g/mol. The van der Waals surface area contributed by atoms with Crippen LogP contribution in [-0.4, -0.2) is 35.1 Å². The van der Waals surface area contributed by atoms with E-state index in [9.17, 15) is 9.90 Å². The monoisotopic (exact) mass is 183 g/mol. The maximum Gasteiger partial charge on any atom is 0.222 e. The number of likely N-dealkylation sites (tertiary alicyclic amines) is 1. The van der Waals surface area contributed by atoms with Gasteiger partial charge in [0.25, 0.3) is 0 Å². The molecule has 1 heterocycles. The number of carbonyl (C=O) groups excluding carboxylic acids is 1. The predicted molar refractivity (Wildman–Crippen MR) is 49.2 cm³/mol. The lowest BCUT2D eigenvalue weighted by molar-refractivity contribution is -0.128. The number of aliphatic hydroxyl groups is 1. The largest absolute Gasteiger partial charge is 0.393 e. The molecule has 2 rings (SSSR count). The number of aliphatic hydroxyl groups excluding tert-OH is 1. The van der Waals surface area contributed by atoms with Crippen molar-refractivity contribution in [3.63, 3.8) is 0 Å². The number of nitrogens with zero attached hydrogens (tertiary/aromatic N) is 1. The van der Waals surface area contributed by atoms with Crippen LogP contribution in [0.1, 0.15) is 32.1 Å². The highest BCUT2D eigenvalue weighted by atomic mass is 16.3. The minimum absolute atomic E-state index is 0.159. The van der Waals surface area contributed by atoms with Crippen molar-refractivity contribution in [3.05, 3.63) is 0 Å². The van der Waals surface area contributed by atoms with Gasteiger partial charge in [0.2, 0.25) is 5.91 Å². The van der Waals surface area contributed by atoms with Crippen LogP contribution in [0.5, 0.6) is 0 Å². The Hall–Kier alpha value is -0.570. The molecule has 1 saturated carbocycles. The Kier molecular flexibility index (Phi) is 2.54. The first-order chi connectivity index (χ1) is 6.27. The van der Waals surface area contributed by atoms with Crippen LogP contribution in [0.2, 0.25) is 0 Å². The first-order valence-electron chi connectivity index (χ1n) is 5.23. The summed E-state index contributed by atoms with van der Waals surface area (Å²) in [5, 5.41) is 9.60. The van der Waals surface area contributed by atoms with Crippen molar-refractivity contribution < 1.29 is 9.90 Å². The summed E-state index contributed by atoms with van der Waals surface area (Å²) in [7, 11) is 0. The maximum absolute atomic E-state index is 11.3. The summed E-state index contributed by atoms with van der Waals surface area (Å²) >= 11 is 0. The zero-order valence-electron chi connectivity index (χ0n) is 7.91. The van der Waals surface area contributed by atoms with Crippen LogP contribution in [-0.2, 0) is 4.79 Å². The van der Waals surface area contributed by atoms with E-state index in [0.29, 0.717) is 12.3 Å². The quantitative estimate of drug-likeness (QED) is 0.687. The van der Waals surface area contributed by atoms with E-state index in [1.807, 2.05) is 4.90 Å². The van der Waals surface area contributed by atoms with Crippen molar-refractivity contribution in [3.8, 4) is 0 Å². The second-order valence-electron chi connectivity index (χ2n) is 4.20. The summed E-state index contributed by atoms with van der Waals surface area (Å²) in [5.41, 5.74) is 0. The Labute approximate surface area is 78.7 Å². The smallest absolute Gasteiger partial charge is 0.222 e. The van der Waals surface area contributed by atoms with Gasteiger partial charge in [0.05, 0.1) is 6.10 Å². The first-order valence-corrected chi connectivity index (χ1v) is 5.23. The lowest BCUT2D eigenvalue weighted by Crippen LogP contribution is -2.33. The normalized spacial score (nSPS) is 34.5. The minimum atomic E-state index is -0.159. The van der Waals surface area contributed by atoms with Crippen LogP contribution >= 0.6 is 0 Å². The summed E-state index contributed by atoms with van der Waals surface area (Å²) in [6.45, 7) is 1.70. The van der Waals surface area contributed by atoms with E-state index >= 15 is 0 Å². The molecule has 2 atom stereocenters. The van der Waals surface area contributed by atoms with E-state index in [4.69, 9.17) is 0 Å². The van der Waals surface area contributed by atoms with Crippen LogP contribution in [0.3, 0.4) is 0 Å². The minimum Gasteiger partial charge on any atom is -0.393 e. The van der Waals surface area contributed by atoms with Gasteiger partial charge in [-0.05, 0) is 19.3 Å². The fourth-order valence-corrected chi connectivity index (χ4v) is 2.41. The molecule has 0 aromatic heterocycles. The Morgan fingerprint density at radius 3 is 2.77 bits per heavy atom. The van der Waals surface area contributed by atoms with Crippen LogP contribution in [0.25, 0.3) is 0 Å². The molecule has 0 spiro atoms. The maximum atomic E-state index is 11.3. The third kappa shape index (κ3) is 1.85. The Morgan fingerprint density at radius 1 is 1.38 bits per heavy atom. The van der Waals surface area contributed by atoms with E-state index in [-0.39, 0.29) is 12.0 Å². The van der Waals surface area contributed by atoms with Gasteiger partial charge in [0, 0.05) is 25.4 Å². The van der Waals surface area contributed by atoms with Crippen LogP contribution in [0, 0.1) is 5.92 Å². The molecule has 0 aromatic carbocycles. The molecule has 1 aliphatic heterocycles. The summed E-state index contributed by atoms with van der Waals surface area (Å²) < 4.78 is 0. The topological polar surface area (TPSA) is 40.5 Å². The van der Waals surface area contributed by atoms with Crippen LogP contribution in [0.15, 0.2) is 0 Å². The van der Waals surface area contributed by atoms with E-state index in [1.165, 1.54) is 0 Å². The van der Waals surface area contributed by atoms with Gasteiger partial charge in [-0.1, -0.05) is 6.42 Å². The molecule has 13 heavy (non-hydrogen) atoms. The summed E-state index contributed by atoms with van der Waals surface area (Å²) in [6, 6.07) is 0. The highest BCUT2D eigenvalue weighted by Gasteiger charge is 2.30. The average molecular weight is 183 g/mol. The van der Waals surface area contributed by atoms with Crippen molar-refractivity contribution in [2.45, 2.75) is 38.2 Å². The van der Waals surface area contributed by atoms with Gasteiger partial charge in [-0.15, -0.1) is 0 Å². The van der Waals surface area contributed by atoms with E-state index in [2.05, 4.69) is 0 Å². The number of hydrogen-bond acceptors (Lipinski definition) is 2. The van der Waals surface area contributed by atoms with Gasteiger partial charge < -0.3 is 10.0 Å². The second kappa shape index (κ2) is 3.66. The van der Waals surface area contributed by atoms with Crippen LogP contribution < -0.4 is 0 Å². The highest BCUT2D eigenvalue weighted by Crippen LogP contribution is 2.27. The Morgan fingerprint density at radius 2 is 2.23 bits per heavy atom. The van der Waals surface area contributed by atoms with Crippen molar-refractivity contribution in [1.29, 1.82) is 0 Å². The van der Waals surface area contributed by atoms with Gasteiger partial charge >= 0.3 is 0 Å². The first kappa shape index (κ1) is 9.00. The van der Waals surface area contributed by atoms with Crippen molar-refractivity contribution in [1.82, 2.24) is 4.90 Å². The molecule has 1 amide bonds. The predicted octanol–water partition coefficient (Wildman–Crippen LogP) is 0.770. The van der Waals surface area contributed by atoms with Gasteiger partial charge in [-0.3, -0.25) is 4.79 Å². The molecule has 0 aromatic rings. The molecule has 74 valence electrons. The number of hydrogen-bond donors (Lipinski definition) is 1. The van der Waals surface area contributed by atoms with Crippen molar-refractivity contribution in [2.24, 2.45) is 5.92 Å². The lowest BCUT2D eigenvalue weighted by atomic mass is 10.1. The zero-order chi connectivity index (χ0) is 9.26. The van der Waals surface area contributed by atoms with Gasteiger partial charge in [-0.25, -0.2) is 0 Å². The summed E-state index contributed by atoms with van der Waals surface area (Å²) in [6.07, 6.45) is 4.68. The third-order valence-corrected chi connectivity index (χ3v) is 3.25. The number of rotatable bonds is 2. The van der Waals surface area contributed by atoms with E-state index in [1.54, 1.807) is 0 Å². The van der Waals surface area contributed by atoms with E-state index in [0.717, 1.165) is 38.8 Å². The second-order valence-corrected chi connectivity index (χ2v) is 4.20.